The fourth-order valence-corrected chi connectivity index (χ4v) is 4.16. The van der Waals surface area contributed by atoms with Crippen LogP contribution in [0.4, 0.5) is 0 Å². The van der Waals surface area contributed by atoms with Gasteiger partial charge in [-0.1, -0.05) is 52.4 Å². The quantitative estimate of drug-likeness (QED) is 0.782. The van der Waals surface area contributed by atoms with E-state index in [1.54, 1.807) is 0 Å². The fraction of sp³-hybridized carbons (Fsp3) is 0.900. The highest BCUT2D eigenvalue weighted by Crippen LogP contribution is 2.36. The van der Waals surface area contributed by atoms with Gasteiger partial charge in [0.1, 0.15) is 18.2 Å². The molecular formula is C20H35NO4. The van der Waals surface area contributed by atoms with E-state index in [2.05, 4.69) is 0 Å². The first-order valence-corrected chi connectivity index (χ1v) is 10.0. The highest BCUT2D eigenvalue weighted by Gasteiger charge is 2.36. The van der Waals surface area contributed by atoms with Gasteiger partial charge < -0.3 is 15.2 Å². The molecule has 0 amide bonds. The first-order chi connectivity index (χ1) is 11.9. The van der Waals surface area contributed by atoms with Gasteiger partial charge in [-0.15, -0.1) is 0 Å². The summed E-state index contributed by atoms with van der Waals surface area (Å²) in [5.41, 5.74) is 5.91. The van der Waals surface area contributed by atoms with Crippen molar-refractivity contribution in [3.8, 4) is 0 Å². The molecule has 2 rings (SSSR count). The van der Waals surface area contributed by atoms with Gasteiger partial charge in [-0.2, -0.15) is 0 Å². The van der Waals surface area contributed by atoms with E-state index in [0.717, 1.165) is 25.7 Å². The number of ether oxygens (including phenoxy) is 2. The van der Waals surface area contributed by atoms with Crippen LogP contribution in [0, 0.1) is 17.8 Å². The van der Waals surface area contributed by atoms with Crippen molar-refractivity contribution in [1.29, 1.82) is 0 Å². The number of hydrogen-bond donors (Lipinski definition) is 1. The Bertz CT molecular complexity index is 445. The number of nitrogens with two attached hydrogens (primary N) is 1. The molecule has 0 aromatic heterocycles. The Morgan fingerprint density at radius 1 is 1.16 bits per heavy atom. The highest BCUT2D eigenvalue weighted by atomic mass is 16.6. The molecule has 0 radical (unpaired) electrons. The van der Waals surface area contributed by atoms with Gasteiger partial charge in [-0.05, 0) is 38.0 Å². The average Bonchev–Trinajstić information content (AvgIpc) is 3.07. The van der Waals surface area contributed by atoms with Crippen LogP contribution in [-0.4, -0.2) is 30.2 Å². The molecule has 0 spiro atoms. The molecule has 1 aliphatic carbocycles. The molecule has 5 heteroatoms. The summed E-state index contributed by atoms with van der Waals surface area (Å²) < 4.78 is 11.4. The van der Waals surface area contributed by atoms with Crippen LogP contribution in [0.1, 0.15) is 78.6 Å². The molecular weight excluding hydrogens is 318 g/mol. The van der Waals surface area contributed by atoms with Gasteiger partial charge >= 0.3 is 11.9 Å². The van der Waals surface area contributed by atoms with Crippen LogP contribution in [0.5, 0.6) is 0 Å². The highest BCUT2D eigenvalue weighted by molar-refractivity contribution is 5.75. The van der Waals surface area contributed by atoms with Gasteiger partial charge in [0, 0.05) is 0 Å². The minimum absolute atomic E-state index is 0.187. The normalized spacial score (nSPS) is 32.4. The third-order valence-electron chi connectivity index (χ3n) is 5.71. The van der Waals surface area contributed by atoms with Gasteiger partial charge in [-0.25, -0.2) is 0 Å². The summed E-state index contributed by atoms with van der Waals surface area (Å²) in [6, 6.07) is -0.574. The second-order valence-corrected chi connectivity index (χ2v) is 8.24. The number of hydrogen-bond acceptors (Lipinski definition) is 5. The number of carbonyl (C=O) groups excluding carboxylic acids is 2. The zero-order valence-electron chi connectivity index (χ0n) is 16.0. The summed E-state index contributed by atoms with van der Waals surface area (Å²) in [7, 11) is 0. The lowest BCUT2D eigenvalue weighted by Crippen LogP contribution is -2.44. The number of cyclic esters (lactones) is 1. The van der Waals surface area contributed by atoms with Gasteiger partial charge in [-0.3, -0.25) is 9.59 Å². The monoisotopic (exact) mass is 353 g/mol. The zero-order valence-corrected chi connectivity index (χ0v) is 16.0. The van der Waals surface area contributed by atoms with Crippen LogP contribution in [0.25, 0.3) is 0 Å². The lowest BCUT2D eigenvalue weighted by atomic mass is 9.83. The zero-order chi connectivity index (χ0) is 18.4. The molecule has 2 fully saturated rings. The predicted octanol–water partition coefficient (Wildman–Crippen LogP) is 3.58. The number of carbonyl (C=O) groups is 2. The van der Waals surface area contributed by atoms with Gasteiger partial charge in [0.2, 0.25) is 0 Å². The summed E-state index contributed by atoms with van der Waals surface area (Å²) in [6.07, 6.45) is 8.96. The van der Waals surface area contributed by atoms with Gasteiger partial charge in [0.05, 0.1) is 5.92 Å². The maximum Gasteiger partial charge on any atom is 0.323 e. The molecule has 25 heavy (non-hydrogen) atoms. The Kier molecular flexibility index (Phi) is 7.73. The Hall–Kier alpha value is -1.10. The molecule has 5 nitrogen and oxygen atoms in total. The van der Waals surface area contributed by atoms with E-state index in [1.165, 1.54) is 25.7 Å². The van der Waals surface area contributed by atoms with E-state index in [-0.39, 0.29) is 29.9 Å². The second-order valence-electron chi connectivity index (χ2n) is 8.24. The minimum Gasteiger partial charge on any atom is -0.458 e. The van der Waals surface area contributed by atoms with Crippen molar-refractivity contribution >= 4 is 11.9 Å². The fourth-order valence-electron chi connectivity index (χ4n) is 4.16. The third kappa shape index (κ3) is 5.98. The summed E-state index contributed by atoms with van der Waals surface area (Å²) in [6.45, 7) is 5.51. The molecule has 1 saturated carbocycles. The predicted molar refractivity (Wildman–Crippen MR) is 96.8 cm³/mol. The van der Waals surface area contributed by atoms with Crippen LogP contribution in [0.2, 0.25) is 0 Å². The van der Waals surface area contributed by atoms with E-state index < -0.39 is 12.1 Å². The van der Waals surface area contributed by atoms with E-state index in [9.17, 15) is 9.59 Å². The largest absolute Gasteiger partial charge is 0.458 e. The second kappa shape index (κ2) is 9.56. The summed E-state index contributed by atoms with van der Waals surface area (Å²) in [5, 5.41) is 0. The standard InChI is InChI=1S/C20H35NO4/c1-13(2)19(22)25-18-14(3)24-20(23)17(21)11-7-6-10-16(18)12-15-8-4-5-9-15/h13-18H,4-12,21H2,1-3H3/t14-,16+,17-,18-/m0/s1. The number of rotatable bonds is 4. The van der Waals surface area contributed by atoms with Crippen molar-refractivity contribution in [2.75, 3.05) is 0 Å². The van der Waals surface area contributed by atoms with E-state index >= 15 is 0 Å². The Morgan fingerprint density at radius 2 is 1.76 bits per heavy atom. The lowest BCUT2D eigenvalue weighted by Gasteiger charge is -2.34. The third-order valence-corrected chi connectivity index (χ3v) is 5.71. The van der Waals surface area contributed by atoms with E-state index in [1.807, 2.05) is 20.8 Å². The molecule has 1 aliphatic heterocycles. The molecule has 0 unspecified atom stereocenters. The molecule has 0 bridgehead atoms. The van der Waals surface area contributed by atoms with Crippen molar-refractivity contribution in [3.63, 3.8) is 0 Å². The molecule has 4 atom stereocenters. The molecule has 1 saturated heterocycles. The van der Waals surface area contributed by atoms with E-state index in [0.29, 0.717) is 12.3 Å². The van der Waals surface area contributed by atoms with Crippen molar-refractivity contribution < 1.29 is 19.1 Å². The van der Waals surface area contributed by atoms with Gasteiger partial charge in [0.25, 0.3) is 0 Å². The summed E-state index contributed by atoms with van der Waals surface area (Å²) >= 11 is 0. The molecule has 0 aromatic carbocycles. The Labute approximate surface area is 152 Å². The van der Waals surface area contributed by atoms with Crippen LogP contribution < -0.4 is 5.73 Å². The Balaban J connectivity index is 2.15. The Morgan fingerprint density at radius 3 is 2.40 bits per heavy atom. The van der Waals surface area contributed by atoms with Crippen molar-refractivity contribution in [3.05, 3.63) is 0 Å². The maximum absolute atomic E-state index is 12.2. The first-order valence-electron chi connectivity index (χ1n) is 10.0. The number of esters is 2. The molecule has 1 heterocycles. The summed E-state index contributed by atoms with van der Waals surface area (Å²) in [5.74, 6) is 0.180. The summed E-state index contributed by atoms with van der Waals surface area (Å²) in [4.78, 5) is 24.4. The van der Waals surface area contributed by atoms with Crippen LogP contribution >= 0.6 is 0 Å². The van der Waals surface area contributed by atoms with E-state index in [4.69, 9.17) is 15.2 Å². The SMILES string of the molecule is CC(C)C(=O)O[C@@H]1[C@@H](CC2CCCC2)CCCC[C@H](N)C(=O)O[C@H]1C. The van der Waals surface area contributed by atoms with Crippen molar-refractivity contribution in [1.82, 2.24) is 0 Å². The van der Waals surface area contributed by atoms with Crippen LogP contribution in [-0.2, 0) is 19.1 Å². The van der Waals surface area contributed by atoms with Crippen LogP contribution in [0.3, 0.4) is 0 Å². The maximum atomic E-state index is 12.2. The minimum atomic E-state index is -0.574. The molecule has 2 N–H and O–H groups in total. The molecule has 0 aromatic rings. The molecule has 144 valence electrons. The first kappa shape index (κ1) is 20.2. The topological polar surface area (TPSA) is 78.6 Å². The average molecular weight is 354 g/mol. The van der Waals surface area contributed by atoms with Crippen molar-refractivity contribution in [2.24, 2.45) is 23.5 Å². The lowest BCUT2D eigenvalue weighted by molar-refractivity contribution is -0.175. The molecule has 2 aliphatic rings. The van der Waals surface area contributed by atoms with Crippen LogP contribution in [0.15, 0.2) is 0 Å². The van der Waals surface area contributed by atoms with Crippen molar-refractivity contribution in [2.45, 2.75) is 96.8 Å². The van der Waals surface area contributed by atoms with Gasteiger partial charge in [0.15, 0.2) is 0 Å². The smallest absolute Gasteiger partial charge is 0.323 e.